The molecule has 0 spiro atoms. The van der Waals surface area contributed by atoms with Crippen molar-refractivity contribution in [3.63, 3.8) is 0 Å². The molecule has 0 bridgehead atoms. The highest BCUT2D eigenvalue weighted by Gasteiger charge is 2.28. The number of nitrogens with zero attached hydrogens (tertiary/aromatic N) is 5. The maximum Gasteiger partial charge on any atom is 0.286 e. The van der Waals surface area contributed by atoms with Gasteiger partial charge in [-0.15, -0.1) is 0 Å². The zero-order valence-electron chi connectivity index (χ0n) is 16.3. The van der Waals surface area contributed by atoms with Crippen molar-refractivity contribution in [1.29, 1.82) is 0 Å². The molecular formula is C21H25N5OS. The molecule has 3 heterocycles. The van der Waals surface area contributed by atoms with Gasteiger partial charge >= 0.3 is 0 Å². The molecule has 0 atom stereocenters. The van der Waals surface area contributed by atoms with E-state index in [0.717, 1.165) is 50.0 Å². The Balaban J connectivity index is 1.33. The molecule has 6 nitrogen and oxygen atoms in total. The van der Waals surface area contributed by atoms with Gasteiger partial charge in [0, 0.05) is 51.0 Å². The van der Waals surface area contributed by atoms with Crippen molar-refractivity contribution >= 4 is 28.9 Å². The summed E-state index contributed by atoms with van der Waals surface area (Å²) < 4.78 is 1.85. The van der Waals surface area contributed by atoms with Crippen LogP contribution in [-0.4, -0.2) is 56.8 Å². The van der Waals surface area contributed by atoms with Crippen LogP contribution in [0, 0.1) is 6.92 Å². The SMILES string of the molecule is CCn1cc(/C=C2\SC(N3CCN(Cc4ccc(C)cc4)CC3)=NC2=O)cn1. The van der Waals surface area contributed by atoms with E-state index in [0.29, 0.717) is 4.91 Å². The molecule has 2 aromatic rings. The van der Waals surface area contributed by atoms with Gasteiger partial charge in [0.1, 0.15) is 0 Å². The van der Waals surface area contributed by atoms with Gasteiger partial charge in [-0.1, -0.05) is 29.8 Å². The first-order valence-electron chi connectivity index (χ1n) is 9.68. The van der Waals surface area contributed by atoms with E-state index in [-0.39, 0.29) is 5.91 Å². The number of aliphatic imine (C=N–C) groups is 1. The van der Waals surface area contributed by atoms with Crippen LogP contribution in [-0.2, 0) is 17.9 Å². The molecule has 1 aromatic carbocycles. The lowest BCUT2D eigenvalue weighted by molar-refractivity contribution is -0.113. The molecule has 4 rings (SSSR count). The maximum absolute atomic E-state index is 12.3. The zero-order chi connectivity index (χ0) is 19.5. The lowest BCUT2D eigenvalue weighted by Gasteiger charge is -2.35. The smallest absolute Gasteiger partial charge is 0.286 e. The zero-order valence-corrected chi connectivity index (χ0v) is 17.2. The molecule has 1 aromatic heterocycles. The quantitative estimate of drug-likeness (QED) is 0.745. The third kappa shape index (κ3) is 4.36. The lowest BCUT2D eigenvalue weighted by atomic mass is 10.1. The van der Waals surface area contributed by atoms with E-state index in [9.17, 15) is 4.79 Å². The second-order valence-electron chi connectivity index (χ2n) is 7.19. The number of aromatic nitrogens is 2. The average Bonchev–Trinajstić information content (AvgIpc) is 3.31. The number of amidine groups is 1. The average molecular weight is 396 g/mol. The van der Waals surface area contributed by atoms with Gasteiger partial charge in [-0.05, 0) is 37.2 Å². The summed E-state index contributed by atoms with van der Waals surface area (Å²) in [6.07, 6.45) is 5.62. The first-order chi connectivity index (χ1) is 13.6. The second-order valence-corrected chi connectivity index (χ2v) is 8.20. The minimum absolute atomic E-state index is 0.147. The van der Waals surface area contributed by atoms with Crippen LogP contribution in [0.1, 0.15) is 23.6 Å². The van der Waals surface area contributed by atoms with Crippen LogP contribution in [0.4, 0.5) is 0 Å². The van der Waals surface area contributed by atoms with E-state index >= 15 is 0 Å². The molecule has 1 amide bonds. The summed E-state index contributed by atoms with van der Waals surface area (Å²) in [5.74, 6) is -0.147. The van der Waals surface area contributed by atoms with Crippen LogP contribution in [0.3, 0.4) is 0 Å². The topological polar surface area (TPSA) is 53.7 Å². The van der Waals surface area contributed by atoms with E-state index in [4.69, 9.17) is 0 Å². The van der Waals surface area contributed by atoms with Gasteiger partial charge in [-0.3, -0.25) is 14.4 Å². The number of hydrogen-bond acceptors (Lipinski definition) is 5. The Labute approximate surface area is 169 Å². The number of piperazine rings is 1. The highest BCUT2D eigenvalue weighted by atomic mass is 32.2. The Morgan fingerprint density at radius 2 is 1.89 bits per heavy atom. The standard InChI is InChI=1S/C21H25N5OS/c1-3-26-15-18(13-22-26)12-19-20(27)23-21(28-19)25-10-8-24(9-11-25)14-17-6-4-16(2)5-7-17/h4-7,12-13,15H,3,8-11,14H2,1-2H3/b19-12-. The number of hydrogen-bond donors (Lipinski definition) is 0. The van der Waals surface area contributed by atoms with Crippen LogP contribution < -0.4 is 0 Å². The molecule has 0 saturated carbocycles. The minimum atomic E-state index is -0.147. The fourth-order valence-corrected chi connectivity index (χ4v) is 4.33. The van der Waals surface area contributed by atoms with Crippen LogP contribution in [0.25, 0.3) is 6.08 Å². The Bertz CT molecular complexity index is 907. The van der Waals surface area contributed by atoms with E-state index in [1.165, 1.54) is 22.9 Å². The third-order valence-electron chi connectivity index (χ3n) is 5.05. The van der Waals surface area contributed by atoms with Crippen LogP contribution in [0.2, 0.25) is 0 Å². The molecule has 0 aliphatic carbocycles. The molecule has 1 saturated heterocycles. The molecule has 0 unspecified atom stereocenters. The maximum atomic E-state index is 12.3. The Kier molecular flexibility index (Phi) is 5.64. The molecule has 0 radical (unpaired) electrons. The normalized spacial score (nSPS) is 19.5. The van der Waals surface area contributed by atoms with Crippen molar-refractivity contribution in [2.24, 2.45) is 4.99 Å². The predicted molar refractivity (Wildman–Crippen MR) is 114 cm³/mol. The summed E-state index contributed by atoms with van der Waals surface area (Å²) in [5, 5.41) is 5.08. The molecular weight excluding hydrogens is 370 g/mol. The summed E-state index contributed by atoms with van der Waals surface area (Å²) in [5.41, 5.74) is 3.58. The van der Waals surface area contributed by atoms with Gasteiger partial charge in [-0.25, -0.2) is 0 Å². The molecule has 2 aliphatic heterocycles. The highest BCUT2D eigenvalue weighted by Crippen LogP contribution is 2.30. The Morgan fingerprint density at radius 3 is 2.57 bits per heavy atom. The first kappa shape index (κ1) is 19.0. The molecule has 0 N–H and O–H groups in total. The van der Waals surface area contributed by atoms with Crippen molar-refractivity contribution in [2.45, 2.75) is 26.9 Å². The molecule has 1 fully saturated rings. The summed E-state index contributed by atoms with van der Waals surface area (Å²) in [6.45, 7) is 9.69. The van der Waals surface area contributed by atoms with Gasteiger partial charge in [0.05, 0.1) is 11.1 Å². The van der Waals surface area contributed by atoms with Gasteiger partial charge in [0.2, 0.25) is 0 Å². The number of carbonyl (C=O) groups is 1. The van der Waals surface area contributed by atoms with Crippen molar-refractivity contribution in [2.75, 3.05) is 26.2 Å². The summed E-state index contributed by atoms with van der Waals surface area (Å²) in [7, 11) is 0. The number of rotatable bonds is 4. The van der Waals surface area contributed by atoms with Gasteiger partial charge in [0.15, 0.2) is 5.17 Å². The van der Waals surface area contributed by atoms with Gasteiger partial charge < -0.3 is 4.90 Å². The minimum Gasteiger partial charge on any atom is -0.348 e. The van der Waals surface area contributed by atoms with Crippen molar-refractivity contribution in [3.05, 3.63) is 58.3 Å². The van der Waals surface area contributed by atoms with Gasteiger partial charge in [-0.2, -0.15) is 10.1 Å². The fraction of sp³-hybridized carbons (Fsp3) is 0.381. The molecule has 146 valence electrons. The predicted octanol–water partition coefficient (Wildman–Crippen LogP) is 3.00. The molecule has 28 heavy (non-hydrogen) atoms. The molecule has 2 aliphatic rings. The Hall–Kier alpha value is -2.38. The van der Waals surface area contributed by atoms with Crippen molar-refractivity contribution in [1.82, 2.24) is 19.6 Å². The number of amides is 1. The third-order valence-corrected chi connectivity index (χ3v) is 6.10. The molecule has 7 heteroatoms. The van der Waals surface area contributed by atoms with E-state index in [2.05, 4.69) is 51.1 Å². The fourth-order valence-electron chi connectivity index (χ4n) is 3.36. The number of thioether (sulfide) groups is 1. The lowest BCUT2D eigenvalue weighted by Crippen LogP contribution is -2.47. The highest BCUT2D eigenvalue weighted by molar-refractivity contribution is 8.18. The summed E-state index contributed by atoms with van der Waals surface area (Å²) in [6, 6.07) is 8.74. The largest absolute Gasteiger partial charge is 0.348 e. The summed E-state index contributed by atoms with van der Waals surface area (Å²) >= 11 is 1.48. The number of benzene rings is 1. The van der Waals surface area contributed by atoms with Crippen molar-refractivity contribution < 1.29 is 4.79 Å². The number of aryl methyl sites for hydroxylation is 2. The second kappa shape index (κ2) is 8.32. The van der Waals surface area contributed by atoms with E-state index in [1.807, 2.05) is 23.9 Å². The summed E-state index contributed by atoms with van der Waals surface area (Å²) in [4.78, 5) is 21.9. The Morgan fingerprint density at radius 1 is 1.14 bits per heavy atom. The van der Waals surface area contributed by atoms with Gasteiger partial charge in [0.25, 0.3) is 5.91 Å². The van der Waals surface area contributed by atoms with E-state index in [1.54, 1.807) is 6.20 Å². The first-order valence-corrected chi connectivity index (χ1v) is 10.5. The van der Waals surface area contributed by atoms with Crippen LogP contribution in [0.15, 0.2) is 46.6 Å². The monoisotopic (exact) mass is 395 g/mol. The number of carbonyl (C=O) groups excluding carboxylic acids is 1. The van der Waals surface area contributed by atoms with Crippen LogP contribution >= 0.6 is 11.8 Å². The van der Waals surface area contributed by atoms with E-state index < -0.39 is 0 Å². The van der Waals surface area contributed by atoms with Crippen LogP contribution in [0.5, 0.6) is 0 Å². The van der Waals surface area contributed by atoms with Crippen molar-refractivity contribution in [3.8, 4) is 0 Å².